The minimum Gasteiger partial charge on any atom is -1.00 e. The first-order valence-electron chi connectivity index (χ1n) is 10.8. The smallest absolute Gasteiger partial charge is 1.00 e. The van der Waals surface area contributed by atoms with Crippen molar-refractivity contribution < 1.29 is 55.0 Å². The second-order valence-electron chi connectivity index (χ2n) is 7.08. The van der Waals surface area contributed by atoms with Crippen molar-refractivity contribution in [2.45, 2.75) is 117 Å². The minimum atomic E-state index is -4.64. The molecule has 0 rings (SSSR count). The van der Waals surface area contributed by atoms with Crippen LogP contribution in [0, 0.1) is 0 Å². The maximum Gasteiger partial charge on any atom is 1.00 e. The van der Waals surface area contributed by atoms with Gasteiger partial charge in [0.25, 0.3) is 0 Å². The number of hydrogen-bond acceptors (Lipinski definition) is 2. The van der Waals surface area contributed by atoms with Gasteiger partial charge in [-0.25, -0.2) is 4.57 Å². The average Bonchev–Trinajstić information content (AvgIpc) is 2.56. The largest absolute Gasteiger partial charge is 1.00 e. The van der Waals surface area contributed by atoms with Gasteiger partial charge in [0.2, 0.25) is 0 Å². The molecule has 0 bridgehead atoms. The van der Waals surface area contributed by atoms with Crippen molar-refractivity contribution in [3.8, 4) is 0 Å². The first kappa shape index (κ1) is 32.7. The van der Waals surface area contributed by atoms with E-state index in [-0.39, 0.29) is 31.0 Å². The molecule has 0 heterocycles. The van der Waals surface area contributed by atoms with Crippen LogP contribution in [0.25, 0.3) is 0 Å². The molecular formula is C20H46NaO5P. The molecule has 0 saturated heterocycles. The van der Waals surface area contributed by atoms with Gasteiger partial charge in [-0.15, -0.1) is 0 Å². The topological polar surface area (TPSA) is 87.0 Å². The summed E-state index contributed by atoms with van der Waals surface area (Å²) >= 11 is 0. The fourth-order valence-electron chi connectivity index (χ4n) is 2.78. The third-order valence-corrected chi connectivity index (χ3v) is 4.28. The second kappa shape index (κ2) is 27.1. The molecule has 0 aliphatic carbocycles. The summed E-state index contributed by atoms with van der Waals surface area (Å²) in [6.07, 6.45) is 22.2. The summed E-state index contributed by atoms with van der Waals surface area (Å²) in [5.41, 5.74) is 0. The molecule has 0 aromatic heterocycles. The van der Waals surface area contributed by atoms with Crippen LogP contribution in [0.1, 0.15) is 118 Å². The maximum absolute atomic E-state index is 8.88. The van der Waals surface area contributed by atoms with Crippen molar-refractivity contribution in [1.29, 1.82) is 0 Å². The molecule has 0 fully saturated rings. The van der Waals surface area contributed by atoms with Crippen LogP contribution in [0.2, 0.25) is 0 Å². The van der Waals surface area contributed by atoms with Gasteiger partial charge in [0, 0.05) is 13.2 Å². The van der Waals surface area contributed by atoms with Gasteiger partial charge in [-0.3, -0.25) is 0 Å². The third-order valence-electron chi connectivity index (χ3n) is 4.28. The van der Waals surface area contributed by atoms with E-state index in [0.717, 1.165) is 13.2 Å². The van der Waals surface area contributed by atoms with Gasteiger partial charge in [-0.05, 0) is 12.8 Å². The summed E-state index contributed by atoms with van der Waals surface area (Å²) < 4.78 is 14.6. The average molecular weight is 421 g/mol. The van der Waals surface area contributed by atoms with Crippen LogP contribution in [0.4, 0.5) is 0 Å². The molecule has 0 unspecified atom stereocenters. The zero-order chi connectivity index (χ0) is 19.9. The fraction of sp³-hybridized carbons (Fsp3) is 1.00. The standard InChI is InChI=1S/C20H42O.Na.H3O4P.H/c1-3-5-7-9-11-13-15-17-19-21-20-18-16-14-12-10-8-6-4-2;;1-5(2,3)4;/h3-20H2,1-2H3;;(H3,1,2,3,4);/q;+1;;-1. The van der Waals surface area contributed by atoms with E-state index in [2.05, 4.69) is 13.8 Å². The number of phosphoric acid groups is 1. The monoisotopic (exact) mass is 420 g/mol. The molecule has 0 aliphatic heterocycles. The molecule has 0 amide bonds. The zero-order valence-electron chi connectivity index (χ0n) is 19.3. The maximum atomic E-state index is 8.88. The Balaban J connectivity index is -0.000000364. The molecule has 27 heavy (non-hydrogen) atoms. The molecule has 3 N–H and O–H groups in total. The van der Waals surface area contributed by atoms with Gasteiger partial charge in [0.05, 0.1) is 0 Å². The Kier molecular flexibility index (Phi) is 32.8. The van der Waals surface area contributed by atoms with E-state index < -0.39 is 7.82 Å². The van der Waals surface area contributed by atoms with Crippen molar-refractivity contribution in [3.05, 3.63) is 0 Å². The van der Waals surface area contributed by atoms with Gasteiger partial charge in [0.15, 0.2) is 0 Å². The van der Waals surface area contributed by atoms with E-state index in [0.29, 0.717) is 0 Å². The molecule has 0 aromatic carbocycles. The van der Waals surface area contributed by atoms with Gasteiger partial charge in [-0.2, -0.15) is 0 Å². The molecule has 162 valence electrons. The molecule has 0 spiro atoms. The Labute approximate surface area is 192 Å². The van der Waals surface area contributed by atoms with Crippen molar-refractivity contribution in [3.63, 3.8) is 0 Å². The van der Waals surface area contributed by atoms with E-state index >= 15 is 0 Å². The quantitative estimate of drug-likeness (QED) is 0.180. The minimum absolute atomic E-state index is 0. The summed E-state index contributed by atoms with van der Waals surface area (Å²) in [6.45, 7) is 6.55. The van der Waals surface area contributed by atoms with Gasteiger partial charge < -0.3 is 20.8 Å². The Bertz CT molecular complexity index is 280. The number of unbranched alkanes of at least 4 members (excludes halogenated alkanes) is 14. The van der Waals surface area contributed by atoms with Crippen LogP contribution in [-0.2, 0) is 9.30 Å². The van der Waals surface area contributed by atoms with Crippen LogP contribution in [0.5, 0.6) is 0 Å². The SMILES string of the molecule is CCCCCCCCCCOCCCCCCCCCC.O=P(O)(O)O.[H-].[Na+]. The molecule has 0 atom stereocenters. The third kappa shape index (κ3) is 46.8. The van der Waals surface area contributed by atoms with E-state index in [1.165, 1.54) is 103 Å². The van der Waals surface area contributed by atoms with E-state index in [1.54, 1.807) is 0 Å². The van der Waals surface area contributed by atoms with Crippen molar-refractivity contribution in [2.24, 2.45) is 0 Å². The molecule has 0 radical (unpaired) electrons. The Morgan fingerprint density at radius 2 is 0.815 bits per heavy atom. The summed E-state index contributed by atoms with van der Waals surface area (Å²) in [4.78, 5) is 21.6. The molecule has 0 saturated carbocycles. The van der Waals surface area contributed by atoms with E-state index in [9.17, 15) is 0 Å². The number of hydrogen-bond donors (Lipinski definition) is 3. The molecule has 7 heteroatoms. The summed E-state index contributed by atoms with van der Waals surface area (Å²) in [6, 6.07) is 0. The molecule has 5 nitrogen and oxygen atoms in total. The van der Waals surface area contributed by atoms with Crippen LogP contribution in [0.3, 0.4) is 0 Å². The Hall–Kier alpha value is 1.07. The van der Waals surface area contributed by atoms with Crippen LogP contribution < -0.4 is 29.6 Å². The molecule has 0 aliphatic rings. The summed E-state index contributed by atoms with van der Waals surface area (Å²) in [7, 11) is -4.64. The van der Waals surface area contributed by atoms with Crippen LogP contribution in [0.15, 0.2) is 0 Å². The fourth-order valence-corrected chi connectivity index (χ4v) is 2.78. The molecule has 0 aromatic rings. The van der Waals surface area contributed by atoms with Crippen molar-refractivity contribution in [1.82, 2.24) is 0 Å². The number of rotatable bonds is 18. The summed E-state index contributed by atoms with van der Waals surface area (Å²) in [5, 5.41) is 0. The Morgan fingerprint density at radius 3 is 1.07 bits per heavy atom. The zero-order valence-corrected chi connectivity index (χ0v) is 21.2. The predicted octanol–water partition coefficient (Wildman–Crippen LogP) is 3.47. The second-order valence-corrected chi connectivity index (χ2v) is 8.10. The van der Waals surface area contributed by atoms with Crippen LogP contribution in [-0.4, -0.2) is 27.9 Å². The van der Waals surface area contributed by atoms with Crippen LogP contribution >= 0.6 is 7.82 Å². The first-order valence-corrected chi connectivity index (χ1v) is 12.3. The van der Waals surface area contributed by atoms with Gasteiger partial charge in [-0.1, -0.05) is 104 Å². The first-order chi connectivity index (χ1) is 12.4. The molecular weight excluding hydrogens is 374 g/mol. The van der Waals surface area contributed by atoms with E-state index in [4.69, 9.17) is 24.0 Å². The van der Waals surface area contributed by atoms with Gasteiger partial charge >= 0.3 is 37.4 Å². The van der Waals surface area contributed by atoms with Crippen molar-refractivity contribution in [2.75, 3.05) is 13.2 Å². The normalized spacial score (nSPS) is 10.9. The predicted molar refractivity (Wildman–Crippen MR) is 111 cm³/mol. The Morgan fingerprint density at radius 1 is 0.593 bits per heavy atom. The van der Waals surface area contributed by atoms with E-state index in [1.807, 2.05) is 0 Å². The number of ether oxygens (including phenoxy) is 1. The van der Waals surface area contributed by atoms with Crippen molar-refractivity contribution >= 4 is 7.82 Å². The van der Waals surface area contributed by atoms with Gasteiger partial charge in [0.1, 0.15) is 0 Å². The summed E-state index contributed by atoms with van der Waals surface area (Å²) in [5.74, 6) is 0.